The smallest absolute Gasteiger partial charge is 0.261 e. The monoisotopic (exact) mass is 347 g/mol. The van der Waals surface area contributed by atoms with Gasteiger partial charge >= 0.3 is 0 Å². The summed E-state index contributed by atoms with van der Waals surface area (Å²) in [7, 11) is 5.14. The fourth-order valence-corrected chi connectivity index (χ4v) is 2.67. The van der Waals surface area contributed by atoms with Gasteiger partial charge in [-0.05, 0) is 26.1 Å². The highest BCUT2D eigenvalue weighted by molar-refractivity contribution is 6.21. The van der Waals surface area contributed by atoms with Crippen molar-refractivity contribution in [3.8, 4) is 0 Å². The van der Waals surface area contributed by atoms with Gasteiger partial charge in [-0.3, -0.25) is 19.3 Å². The van der Waals surface area contributed by atoms with Crippen LogP contribution in [0, 0.1) is 0 Å². The molecule has 136 valence electrons. The van der Waals surface area contributed by atoms with E-state index < -0.39 is 6.10 Å². The van der Waals surface area contributed by atoms with Crippen molar-refractivity contribution in [2.24, 2.45) is 0 Å². The maximum absolute atomic E-state index is 12.3. The van der Waals surface area contributed by atoms with E-state index in [2.05, 4.69) is 0 Å². The third-order valence-electron chi connectivity index (χ3n) is 4.48. The summed E-state index contributed by atoms with van der Waals surface area (Å²) in [6, 6.07) is 6.87. The second kappa shape index (κ2) is 8.22. The van der Waals surface area contributed by atoms with Crippen molar-refractivity contribution >= 4 is 17.7 Å². The van der Waals surface area contributed by atoms with Gasteiger partial charge in [-0.15, -0.1) is 0 Å². The molecular weight excluding hydrogens is 322 g/mol. The first-order chi connectivity index (χ1) is 11.9. The molecular formula is C18H25N3O4. The number of carbonyl (C=O) groups excluding carboxylic acids is 3. The Labute approximate surface area is 148 Å². The van der Waals surface area contributed by atoms with Crippen LogP contribution in [0.1, 0.15) is 27.6 Å². The van der Waals surface area contributed by atoms with Crippen molar-refractivity contribution in [1.29, 1.82) is 0 Å². The number of likely N-dealkylation sites (N-methyl/N-ethyl adjacent to an activating group) is 2. The highest BCUT2D eigenvalue weighted by Gasteiger charge is 2.34. The van der Waals surface area contributed by atoms with E-state index in [1.165, 1.54) is 12.0 Å². The zero-order chi connectivity index (χ0) is 18.6. The maximum atomic E-state index is 12.3. The van der Waals surface area contributed by atoms with E-state index in [-0.39, 0.29) is 17.7 Å². The summed E-state index contributed by atoms with van der Waals surface area (Å²) in [5, 5.41) is 0. The number of rotatable bonds is 8. The molecule has 2 rings (SSSR count). The number of ether oxygens (including phenoxy) is 1. The molecule has 1 aromatic rings. The Morgan fingerprint density at radius 1 is 1.08 bits per heavy atom. The van der Waals surface area contributed by atoms with Gasteiger partial charge < -0.3 is 14.5 Å². The van der Waals surface area contributed by atoms with Crippen LogP contribution in [0.25, 0.3) is 0 Å². The van der Waals surface area contributed by atoms with Gasteiger partial charge in [-0.1, -0.05) is 12.1 Å². The second-order valence-corrected chi connectivity index (χ2v) is 6.25. The normalized spacial score (nSPS) is 14.8. The fourth-order valence-electron chi connectivity index (χ4n) is 2.67. The van der Waals surface area contributed by atoms with Gasteiger partial charge in [-0.2, -0.15) is 0 Å². The largest absolute Gasteiger partial charge is 0.372 e. The van der Waals surface area contributed by atoms with Gasteiger partial charge in [0, 0.05) is 40.3 Å². The molecule has 0 saturated heterocycles. The molecule has 1 atom stereocenters. The molecule has 1 unspecified atom stereocenters. The lowest BCUT2D eigenvalue weighted by Gasteiger charge is -2.25. The molecule has 3 amide bonds. The summed E-state index contributed by atoms with van der Waals surface area (Å²) in [5.74, 6) is -0.554. The SMILES string of the molecule is COC(C)C(=O)N(C)CCN(C)CCN1C(=O)c2ccccc2C1=O. The van der Waals surface area contributed by atoms with Crippen molar-refractivity contribution in [3.05, 3.63) is 35.4 Å². The summed E-state index contributed by atoms with van der Waals surface area (Å²) in [6.07, 6.45) is -0.464. The van der Waals surface area contributed by atoms with Crippen molar-refractivity contribution in [3.63, 3.8) is 0 Å². The molecule has 0 fully saturated rings. The van der Waals surface area contributed by atoms with Crippen LogP contribution in [-0.2, 0) is 9.53 Å². The molecule has 0 spiro atoms. The van der Waals surface area contributed by atoms with Crippen LogP contribution in [0.3, 0.4) is 0 Å². The van der Waals surface area contributed by atoms with Gasteiger partial charge in [0.25, 0.3) is 17.7 Å². The Morgan fingerprint density at radius 2 is 1.64 bits per heavy atom. The zero-order valence-corrected chi connectivity index (χ0v) is 15.2. The lowest BCUT2D eigenvalue weighted by Crippen LogP contribution is -2.42. The summed E-state index contributed by atoms with van der Waals surface area (Å²) in [4.78, 5) is 41.4. The molecule has 0 aromatic heterocycles. The van der Waals surface area contributed by atoms with Gasteiger partial charge in [0.15, 0.2) is 0 Å². The number of hydrogen-bond acceptors (Lipinski definition) is 5. The first-order valence-electron chi connectivity index (χ1n) is 8.28. The quantitative estimate of drug-likeness (QED) is 0.648. The van der Waals surface area contributed by atoms with E-state index in [4.69, 9.17) is 4.74 Å². The average Bonchev–Trinajstić information content (AvgIpc) is 2.87. The Bertz CT molecular complexity index is 626. The zero-order valence-electron chi connectivity index (χ0n) is 15.2. The number of amides is 3. The van der Waals surface area contributed by atoms with E-state index in [1.54, 1.807) is 43.1 Å². The fraction of sp³-hybridized carbons (Fsp3) is 0.500. The molecule has 0 bridgehead atoms. The highest BCUT2D eigenvalue weighted by atomic mass is 16.5. The molecule has 0 N–H and O–H groups in total. The predicted molar refractivity (Wildman–Crippen MR) is 93.4 cm³/mol. The Hall–Kier alpha value is -2.25. The number of imide groups is 1. The van der Waals surface area contributed by atoms with Crippen LogP contribution in [0.4, 0.5) is 0 Å². The number of fused-ring (bicyclic) bond motifs is 1. The van der Waals surface area contributed by atoms with E-state index in [0.717, 1.165) is 0 Å². The number of benzene rings is 1. The standard InChI is InChI=1S/C18H25N3O4/c1-13(25-4)16(22)20(3)11-9-19(2)10-12-21-17(23)14-7-5-6-8-15(14)18(21)24/h5-8,13H,9-12H2,1-4H3. The average molecular weight is 347 g/mol. The number of carbonyl (C=O) groups is 3. The molecule has 25 heavy (non-hydrogen) atoms. The van der Waals surface area contributed by atoms with E-state index in [0.29, 0.717) is 37.3 Å². The summed E-state index contributed by atoms with van der Waals surface area (Å²) < 4.78 is 5.02. The minimum Gasteiger partial charge on any atom is -0.372 e. The van der Waals surface area contributed by atoms with Gasteiger partial charge in [0.2, 0.25) is 0 Å². The Morgan fingerprint density at radius 3 is 2.16 bits per heavy atom. The summed E-state index contributed by atoms with van der Waals surface area (Å²) >= 11 is 0. The van der Waals surface area contributed by atoms with Crippen LogP contribution in [0.5, 0.6) is 0 Å². The van der Waals surface area contributed by atoms with Crippen molar-refractivity contribution in [2.45, 2.75) is 13.0 Å². The molecule has 7 nitrogen and oxygen atoms in total. The van der Waals surface area contributed by atoms with Gasteiger partial charge in [0.1, 0.15) is 6.10 Å². The predicted octanol–water partition coefficient (Wildman–Crippen LogP) is 0.708. The van der Waals surface area contributed by atoms with Crippen molar-refractivity contribution in [2.75, 3.05) is 47.4 Å². The topological polar surface area (TPSA) is 70.2 Å². The molecule has 0 aliphatic carbocycles. The molecule has 1 aliphatic rings. The molecule has 0 saturated carbocycles. The second-order valence-electron chi connectivity index (χ2n) is 6.25. The van der Waals surface area contributed by atoms with Crippen LogP contribution in [0.15, 0.2) is 24.3 Å². The maximum Gasteiger partial charge on any atom is 0.261 e. The van der Waals surface area contributed by atoms with Crippen LogP contribution in [-0.4, -0.2) is 85.9 Å². The number of methoxy groups -OCH3 is 1. The van der Waals surface area contributed by atoms with E-state index >= 15 is 0 Å². The Balaban J connectivity index is 1.81. The molecule has 7 heteroatoms. The van der Waals surface area contributed by atoms with Gasteiger partial charge in [-0.25, -0.2) is 0 Å². The summed E-state index contributed by atoms with van der Waals surface area (Å²) in [6.45, 7) is 3.78. The lowest BCUT2D eigenvalue weighted by molar-refractivity contribution is -0.139. The minimum atomic E-state index is -0.464. The Kier molecular flexibility index (Phi) is 6.27. The molecule has 0 radical (unpaired) electrons. The molecule has 1 heterocycles. The molecule has 1 aromatic carbocycles. The van der Waals surface area contributed by atoms with E-state index in [9.17, 15) is 14.4 Å². The van der Waals surface area contributed by atoms with Crippen molar-refractivity contribution in [1.82, 2.24) is 14.7 Å². The van der Waals surface area contributed by atoms with Gasteiger partial charge in [0.05, 0.1) is 11.1 Å². The van der Waals surface area contributed by atoms with Crippen LogP contribution < -0.4 is 0 Å². The van der Waals surface area contributed by atoms with Crippen molar-refractivity contribution < 1.29 is 19.1 Å². The number of hydrogen-bond donors (Lipinski definition) is 0. The highest BCUT2D eigenvalue weighted by Crippen LogP contribution is 2.21. The minimum absolute atomic E-state index is 0.0729. The lowest BCUT2D eigenvalue weighted by atomic mass is 10.1. The first-order valence-corrected chi connectivity index (χ1v) is 8.28. The first kappa shape index (κ1) is 19.1. The third-order valence-corrected chi connectivity index (χ3v) is 4.48. The third kappa shape index (κ3) is 4.24. The van der Waals surface area contributed by atoms with Crippen LogP contribution in [0.2, 0.25) is 0 Å². The van der Waals surface area contributed by atoms with Crippen LogP contribution >= 0.6 is 0 Å². The van der Waals surface area contributed by atoms with E-state index in [1.807, 2.05) is 11.9 Å². The number of nitrogens with zero attached hydrogens (tertiary/aromatic N) is 3. The summed E-state index contributed by atoms with van der Waals surface area (Å²) in [5.41, 5.74) is 0.933. The molecule has 1 aliphatic heterocycles.